The van der Waals surface area contributed by atoms with Crippen LogP contribution < -0.4 is 19.6 Å². The van der Waals surface area contributed by atoms with Crippen LogP contribution in [-0.4, -0.2) is 31.8 Å². The summed E-state index contributed by atoms with van der Waals surface area (Å²) in [7, 11) is 1.52. The van der Waals surface area contributed by atoms with Crippen molar-refractivity contribution < 1.29 is 23.8 Å². The first-order valence-electron chi connectivity index (χ1n) is 9.31. The Balaban J connectivity index is 1.49. The van der Waals surface area contributed by atoms with Crippen LogP contribution in [0.2, 0.25) is 10.0 Å². The lowest BCUT2D eigenvalue weighted by atomic mass is 10.2. The number of halogens is 2. The van der Waals surface area contributed by atoms with Crippen molar-refractivity contribution in [3.63, 3.8) is 0 Å². The number of methoxy groups -OCH3 is 1. The van der Waals surface area contributed by atoms with Crippen molar-refractivity contribution >= 4 is 41.3 Å². The molecule has 1 N–H and O–H groups in total. The van der Waals surface area contributed by atoms with Crippen LogP contribution in [0.4, 0.5) is 0 Å². The summed E-state index contributed by atoms with van der Waals surface area (Å²) in [5.41, 5.74) is 3.26. The maximum atomic E-state index is 12.2. The second-order valence-electron chi connectivity index (χ2n) is 6.32. The number of ether oxygens (including phenoxy) is 3. The van der Waals surface area contributed by atoms with Crippen LogP contribution in [0.25, 0.3) is 0 Å². The Morgan fingerprint density at radius 1 is 1.00 bits per heavy atom. The van der Waals surface area contributed by atoms with Crippen LogP contribution in [0.5, 0.6) is 17.2 Å². The van der Waals surface area contributed by atoms with Crippen molar-refractivity contribution in [2.45, 2.75) is 0 Å². The molecule has 0 saturated carbocycles. The quantitative estimate of drug-likeness (QED) is 0.221. The van der Waals surface area contributed by atoms with Gasteiger partial charge in [-0.05, 0) is 60.2 Å². The number of carbonyl (C=O) groups excluding carboxylic acids is 2. The lowest BCUT2D eigenvalue weighted by Gasteiger charge is -2.09. The molecule has 7 nitrogen and oxygen atoms in total. The van der Waals surface area contributed by atoms with Gasteiger partial charge in [0.05, 0.1) is 23.9 Å². The summed E-state index contributed by atoms with van der Waals surface area (Å²) in [6, 6.07) is 18.1. The van der Waals surface area contributed by atoms with E-state index in [1.165, 1.54) is 25.5 Å². The molecule has 0 aromatic heterocycles. The Morgan fingerprint density at radius 2 is 1.72 bits per heavy atom. The number of hydrazone groups is 1. The summed E-state index contributed by atoms with van der Waals surface area (Å²) in [5, 5.41) is 4.51. The van der Waals surface area contributed by atoms with E-state index in [0.717, 1.165) is 0 Å². The zero-order valence-corrected chi connectivity index (χ0v) is 18.4. The van der Waals surface area contributed by atoms with E-state index in [4.69, 9.17) is 37.4 Å². The number of hydrogen-bond acceptors (Lipinski definition) is 6. The molecule has 3 aromatic carbocycles. The van der Waals surface area contributed by atoms with Crippen LogP contribution in [0.3, 0.4) is 0 Å². The highest BCUT2D eigenvalue weighted by Gasteiger charge is 2.13. The Kier molecular flexibility index (Phi) is 8.08. The fourth-order valence-electron chi connectivity index (χ4n) is 2.53. The molecule has 0 spiro atoms. The third kappa shape index (κ3) is 6.47. The predicted octanol–water partition coefficient (Wildman–Crippen LogP) is 4.75. The van der Waals surface area contributed by atoms with E-state index in [1.54, 1.807) is 54.6 Å². The van der Waals surface area contributed by atoms with E-state index in [9.17, 15) is 9.59 Å². The highest BCUT2D eigenvalue weighted by Crippen LogP contribution is 2.25. The highest BCUT2D eigenvalue weighted by molar-refractivity contribution is 6.36. The van der Waals surface area contributed by atoms with Gasteiger partial charge in [0.15, 0.2) is 18.1 Å². The molecule has 9 heteroatoms. The fraction of sp³-hybridized carbons (Fsp3) is 0.0870. The van der Waals surface area contributed by atoms with Crippen molar-refractivity contribution in [3.05, 3.63) is 87.9 Å². The van der Waals surface area contributed by atoms with Crippen LogP contribution in [0.1, 0.15) is 15.9 Å². The average Bonchev–Trinajstić information content (AvgIpc) is 2.79. The second-order valence-corrected chi connectivity index (χ2v) is 7.16. The standard InChI is InChI=1S/C23H18Cl2N2O5/c1-30-20-4-2-3-5-21(20)31-14-22(28)27-26-13-15-6-9-17(10-7-15)32-23(29)18-11-8-16(24)12-19(18)25/h2-13H,14H2,1H3,(H,27,28). The Bertz CT molecular complexity index is 1130. The monoisotopic (exact) mass is 472 g/mol. The Morgan fingerprint density at radius 3 is 2.41 bits per heavy atom. The van der Waals surface area contributed by atoms with E-state index in [2.05, 4.69) is 10.5 Å². The SMILES string of the molecule is COc1ccccc1OCC(=O)NN=Cc1ccc(OC(=O)c2ccc(Cl)cc2Cl)cc1. The minimum Gasteiger partial charge on any atom is -0.493 e. The molecular formula is C23H18Cl2N2O5. The number of esters is 1. The molecule has 0 aliphatic carbocycles. The third-order valence-corrected chi connectivity index (χ3v) is 4.62. The molecule has 0 bridgehead atoms. The minimum atomic E-state index is -0.601. The number of nitrogens with zero attached hydrogens (tertiary/aromatic N) is 1. The zero-order chi connectivity index (χ0) is 22.9. The van der Waals surface area contributed by atoms with Crippen molar-refractivity contribution in [2.75, 3.05) is 13.7 Å². The number of para-hydroxylation sites is 2. The summed E-state index contributed by atoms with van der Waals surface area (Å²) in [4.78, 5) is 24.1. The number of rotatable bonds is 8. The number of benzene rings is 3. The van der Waals surface area contributed by atoms with Gasteiger partial charge in [-0.3, -0.25) is 4.79 Å². The molecule has 3 rings (SSSR count). The molecule has 0 unspecified atom stereocenters. The molecule has 0 aliphatic heterocycles. The lowest BCUT2D eigenvalue weighted by molar-refractivity contribution is -0.123. The molecule has 0 fully saturated rings. The molecule has 0 atom stereocenters. The van der Waals surface area contributed by atoms with Crippen molar-refractivity contribution in [3.8, 4) is 17.2 Å². The lowest BCUT2D eigenvalue weighted by Crippen LogP contribution is -2.24. The van der Waals surface area contributed by atoms with Crippen LogP contribution in [0, 0.1) is 0 Å². The zero-order valence-electron chi connectivity index (χ0n) is 16.9. The molecular weight excluding hydrogens is 455 g/mol. The predicted molar refractivity (Wildman–Crippen MR) is 122 cm³/mol. The van der Waals surface area contributed by atoms with Gasteiger partial charge in [0.1, 0.15) is 5.75 Å². The molecule has 3 aromatic rings. The van der Waals surface area contributed by atoms with Gasteiger partial charge in [-0.15, -0.1) is 0 Å². The topological polar surface area (TPSA) is 86.2 Å². The van der Waals surface area contributed by atoms with Gasteiger partial charge in [-0.1, -0.05) is 35.3 Å². The summed E-state index contributed by atoms with van der Waals surface area (Å²) < 4.78 is 15.9. The van der Waals surface area contributed by atoms with E-state index >= 15 is 0 Å². The maximum absolute atomic E-state index is 12.2. The number of hydrogen-bond donors (Lipinski definition) is 1. The second kappa shape index (κ2) is 11.2. The van der Waals surface area contributed by atoms with Gasteiger partial charge in [0.25, 0.3) is 5.91 Å². The number of amides is 1. The Labute approximate surface area is 194 Å². The number of carbonyl (C=O) groups is 2. The van der Waals surface area contributed by atoms with Crippen molar-refractivity contribution in [1.29, 1.82) is 0 Å². The largest absolute Gasteiger partial charge is 0.493 e. The van der Waals surface area contributed by atoms with E-state index < -0.39 is 11.9 Å². The first-order valence-corrected chi connectivity index (χ1v) is 10.1. The van der Waals surface area contributed by atoms with Gasteiger partial charge in [-0.25, -0.2) is 10.2 Å². The van der Waals surface area contributed by atoms with Gasteiger partial charge in [0.2, 0.25) is 0 Å². The van der Waals surface area contributed by atoms with Gasteiger partial charge >= 0.3 is 5.97 Å². The fourth-order valence-corrected chi connectivity index (χ4v) is 3.02. The molecule has 0 heterocycles. The molecule has 1 amide bonds. The molecule has 164 valence electrons. The van der Waals surface area contributed by atoms with Crippen molar-refractivity contribution in [2.24, 2.45) is 5.10 Å². The summed E-state index contributed by atoms with van der Waals surface area (Å²) in [6.07, 6.45) is 1.45. The Hall–Kier alpha value is -3.55. The van der Waals surface area contributed by atoms with Crippen LogP contribution >= 0.6 is 23.2 Å². The molecule has 0 saturated heterocycles. The van der Waals surface area contributed by atoms with Gasteiger partial charge < -0.3 is 14.2 Å². The first kappa shape index (κ1) is 23.1. The van der Waals surface area contributed by atoms with Crippen LogP contribution in [-0.2, 0) is 4.79 Å². The molecule has 32 heavy (non-hydrogen) atoms. The highest BCUT2D eigenvalue weighted by atomic mass is 35.5. The van der Waals surface area contributed by atoms with E-state index in [-0.39, 0.29) is 17.2 Å². The smallest absolute Gasteiger partial charge is 0.345 e. The molecule has 0 aliphatic rings. The van der Waals surface area contributed by atoms with Gasteiger partial charge in [-0.2, -0.15) is 5.10 Å². The summed E-state index contributed by atoms with van der Waals surface area (Å²) in [5.74, 6) is 0.280. The average molecular weight is 473 g/mol. The third-order valence-electron chi connectivity index (χ3n) is 4.07. The summed E-state index contributed by atoms with van der Waals surface area (Å²) >= 11 is 11.8. The number of nitrogens with one attached hydrogen (secondary N) is 1. The minimum absolute atomic E-state index is 0.205. The van der Waals surface area contributed by atoms with Gasteiger partial charge in [0, 0.05) is 5.02 Å². The van der Waals surface area contributed by atoms with E-state index in [1.807, 2.05) is 0 Å². The normalized spacial score (nSPS) is 10.6. The maximum Gasteiger partial charge on any atom is 0.345 e. The van der Waals surface area contributed by atoms with Crippen molar-refractivity contribution in [1.82, 2.24) is 5.43 Å². The van der Waals surface area contributed by atoms with Crippen LogP contribution in [0.15, 0.2) is 71.8 Å². The first-order chi connectivity index (χ1) is 15.5. The summed E-state index contributed by atoms with van der Waals surface area (Å²) in [6.45, 7) is -0.222. The van der Waals surface area contributed by atoms with E-state index in [0.29, 0.717) is 27.8 Å². The molecule has 0 radical (unpaired) electrons.